The zero-order valence-electron chi connectivity index (χ0n) is 20.2. The number of carbonyl (C=O) groups is 3. The molecule has 1 saturated heterocycles. The minimum atomic E-state index is -0.973. The van der Waals surface area contributed by atoms with Gasteiger partial charge in [0, 0.05) is 19.6 Å². The zero-order chi connectivity index (χ0) is 25.3. The van der Waals surface area contributed by atoms with Crippen LogP contribution in [0, 0.1) is 5.92 Å². The van der Waals surface area contributed by atoms with Gasteiger partial charge in [0.15, 0.2) is 5.01 Å². The second-order valence-electron chi connectivity index (χ2n) is 9.14. The van der Waals surface area contributed by atoms with E-state index < -0.39 is 12.1 Å². The van der Waals surface area contributed by atoms with E-state index >= 15 is 0 Å². The number of thiazole rings is 1. The monoisotopic (exact) mass is 508 g/mol. The maximum atomic E-state index is 13.4. The number of ketones is 1. The fourth-order valence-electron chi connectivity index (χ4n) is 4.46. The molecule has 1 aliphatic heterocycles. The Bertz CT molecular complexity index is 1140. The number of nitrogens with one attached hydrogen (secondary N) is 2. The van der Waals surface area contributed by atoms with E-state index in [2.05, 4.69) is 15.6 Å². The number of Topliss-reactive ketones (excluding diaryl/α,β-unsaturated/α-hetero) is 1. The molecule has 2 atom stereocenters. The fraction of sp³-hybridized carbons (Fsp3) is 0.407. The molecular formula is C27H32N4O4S. The van der Waals surface area contributed by atoms with Crippen LogP contribution >= 0.6 is 11.3 Å². The second-order valence-corrected chi connectivity index (χ2v) is 10.2. The molecule has 190 valence electrons. The first kappa shape index (κ1) is 25.8. The molecule has 2 amide bonds. The number of carboxylic acid groups (broad SMARTS) is 1. The van der Waals surface area contributed by atoms with Gasteiger partial charge in [-0.2, -0.15) is 0 Å². The normalized spacial score (nSPS) is 16.4. The highest BCUT2D eigenvalue weighted by molar-refractivity contribution is 7.20. The van der Waals surface area contributed by atoms with Crippen molar-refractivity contribution < 1.29 is 19.5 Å². The van der Waals surface area contributed by atoms with Crippen LogP contribution in [-0.4, -0.2) is 58.5 Å². The lowest BCUT2D eigenvalue weighted by atomic mass is 9.97. The number of nitrogens with zero attached hydrogens (tertiary/aromatic N) is 2. The summed E-state index contributed by atoms with van der Waals surface area (Å²) in [6, 6.07) is 16.4. The van der Waals surface area contributed by atoms with Crippen LogP contribution < -0.4 is 10.6 Å². The highest BCUT2D eigenvalue weighted by Gasteiger charge is 2.28. The van der Waals surface area contributed by atoms with Crippen LogP contribution in [0.1, 0.15) is 47.5 Å². The molecule has 36 heavy (non-hydrogen) atoms. The first-order valence-corrected chi connectivity index (χ1v) is 13.3. The average molecular weight is 509 g/mol. The van der Waals surface area contributed by atoms with E-state index in [1.165, 1.54) is 16.2 Å². The maximum absolute atomic E-state index is 13.4. The van der Waals surface area contributed by atoms with E-state index in [-0.39, 0.29) is 17.6 Å². The molecule has 0 aliphatic carbocycles. The van der Waals surface area contributed by atoms with Crippen LogP contribution in [-0.2, 0) is 11.3 Å². The summed E-state index contributed by atoms with van der Waals surface area (Å²) >= 11 is 1.34. The van der Waals surface area contributed by atoms with E-state index in [0.29, 0.717) is 43.9 Å². The smallest absolute Gasteiger partial charge is 0.407 e. The Balaban J connectivity index is 1.39. The average Bonchev–Trinajstić information content (AvgIpc) is 3.34. The Morgan fingerprint density at radius 2 is 1.89 bits per heavy atom. The number of benzene rings is 2. The van der Waals surface area contributed by atoms with Crippen molar-refractivity contribution in [3.8, 4) is 0 Å². The molecule has 1 aliphatic rings. The topological polar surface area (TPSA) is 112 Å². The summed E-state index contributed by atoms with van der Waals surface area (Å²) < 4.78 is 0.931. The van der Waals surface area contributed by atoms with Crippen LogP contribution in [0.2, 0.25) is 0 Å². The number of aromatic nitrogens is 1. The van der Waals surface area contributed by atoms with Gasteiger partial charge in [-0.3, -0.25) is 9.59 Å². The van der Waals surface area contributed by atoms with Gasteiger partial charge in [-0.05, 0) is 56.3 Å². The SMILES string of the molecule is O=C(N[C@@H](CCCCN(Cc1ccccc1)C(=O)O)C(=O)c1nc2ccccc2s1)[C@H]1CCCNC1. The highest BCUT2D eigenvalue weighted by atomic mass is 32.1. The molecule has 2 heterocycles. The number of para-hydroxylation sites is 1. The summed E-state index contributed by atoms with van der Waals surface area (Å²) in [5.74, 6) is -0.455. The lowest BCUT2D eigenvalue weighted by molar-refractivity contribution is -0.126. The van der Waals surface area contributed by atoms with Crippen molar-refractivity contribution in [3.63, 3.8) is 0 Å². The lowest BCUT2D eigenvalue weighted by Crippen LogP contribution is -2.47. The van der Waals surface area contributed by atoms with Gasteiger partial charge in [-0.1, -0.05) is 42.5 Å². The number of unbranched alkanes of at least 4 members (excludes halogenated alkanes) is 1. The molecule has 0 unspecified atom stereocenters. The number of hydrogen-bond acceptors (Lipinski definition) is 6. The van der Waals surface area contributed by atoms with E-state index in [4.69, 9.17) is 0 Å². The standard InChI is InChI=1S/C27H32N4O4S/c32-24(26-30-21-12-4-5-14-23(21)36-26)22(29-25(33)20-11-8-15-28-17-20)13-6-7-16-31(27(34)35)18-19-9-2-1-3-10-19/h1-5,9-10,12,14,20,22,28H,6-8,11,13,15-18H2,(H,29,33)(H,34,35)/t20-,22-/m0/s1. The molecule has 1 fully saturated rings. The molecule has 9 heteroatoms. The van der Waals surface area contributed by atoms with E-state index in [9.17, 15) is 19.5 Å². The molecule has 2 aromatic carbocycles. The van der Waals surface area contributed by atoms with Crippen LogP contribution in [0.25, 0.3) is 10.2 Å². The summed E-state index contributed by atoms with van der Waals surface area (Å²) in [7, 11) is 0. The van der Waals surface area contributed by atoms with Crippen molar-refractivity contribution in [2.24, 2.45) is 5.92 Å². The molecule has 0 saturated carbocycles. The molecule has 3 N–H and O–H groups in total. The minimum Gasteiger partial charge on any atom is -0.465 e. The number of amides is 2. The molecule has 8 nitrogen and oxygen atoms in total. The maximum Gasteiger partial charge on any atom is 0.407 e. The summed E-state index contributed by atoms with van der Waals surface area (Å²) in [6.45, 7) is 2.18. The van der Waals surface area contributed by atoms with Gasteiger partial charge in [0.25, 0.3) is 0 Å². The van der Waals surface area contributed by atoms with Crippen molar-refractivity contribution in [1.82, 2.24) is 20.5 Å². The number of hydrogen-bond donors (Lipinski definition) is 3. The number of carbonyl (C=O) groups excluding carboxylic acids is 2. The second kappa shape index (κ2) is 12.6. The van der Waals surface area contributed by atoms with Gasteiger partial charge in [-0.15, -0.1) is 11.3 Å². The van der Waals surface area contributed by atoms with Gasteiger partial charge < -0.3 is 20.6 Å². The quantitative estimate of drug-likeness (QED) is 0.263. The molecule has 0 spiro atoms. The Labute approximate surface area is 214 Å². The summed E-state index contributed by atoms with van der Waals surface area (Å²) in [4.78, 5) is 44.0. The zero-order valence-corrected chi connectivity index (χ0v) is 21.0. The Morgan fingerprint density at radius 3 is 2.61 bits per heavy atom. The van der Waals surface area contributed by atoms with Crippen molar-refractivity contribution >= 4 is 39.3 Å². The van der Waals surface area contributed by atoms with Gasteiger partial charge in [0.1, 0.15) is 0 Å². The number of piperidine rings is 1. The van der Waals surface area contributed by atoms with Crippen molar-refractivity contribution in [2.45, 2.75) is 44.7 Å². The van der Waals surface area contributed by atoms with Crippen LogP contribution in [0.15, 0.2) is 54.6 Å². The molecule has 1 aromatic heterocycles. The predicted octanol–water partition coefficient (Wildman–Crippen LogP) is 4.31. The van der Waals surface area contributed by atoms with Gasteiger partial charge in [-0.25, -0.2) is 9.78 Å². The van der Waals surface area contributed by atoms with E-state index in [0.717, 1.165) is 35.2 Å². The first-order chi connectivity index (χ1) is 17.5. The minimum absolute atomic E-state index is 0.113. The molecule has 4 rings (SSSR count). The third-order valence-corrected chi connectivity index (χ3v) is 7.51. The summed E-state index contributed by atoms with van der Waals surface area (Å²) in [5.41, 5.74) is 1.70. The Hall–Kier alpha value is -3.30. The van der Waals surface area contributed by atoms with Gasteiger partial charge >= 0.3 is 6.09 Å². The number of rotatable bonds is 11. The van der Waals surface area contributed by atoms with E-state index in [1.54, 1.807) is 0 Å². The molecule has 0 bridgehead atoms. The van der Waals surface area contributed by atoms with Gasteiger partial charge in [0.05, 0.1) is 22.2 Å². The van der Waals surface area contributed by atoms with Crippen molar-refractivity contribution in [1.29, 1.82) is 0 Å². The summed E-state index contributed by atoms with van der Waals surface area (Å²) in [6.07, 6.45) is 2.38. The summed E-state index contributed by atoms with van der Waals surface area (Å²) in [5, 5.41) is 16.2. The van der Waals surface area contributed by atoms with E-state index in [1.807, 2.05) is 54.6 Å². The van der Waals surface area contributed by atoms with Crippen LogP contribution in [0.3, 0.4) is 0 Å². The van der Waals surface area contributed by atoms with Crippen molar-refractivity contribution in [2.75, 3.05) is 19.6 Å². The molecular weight excluding hydrogens is 476 g/mol. The molecule has 3 aromatic rings. The Morgan fingerprint density at radius 1 is 1.11 bits per heavy atom. The fourth-order valence-corrected chi connectivity index (χ4v) is 5.42. The Kier molecular flexibility index (Phi) is 9.02. The predicted molar refractivity (Wildman–Crippen MR) is 140 cm³/mol. The van der Waals surface area contributed by atoms with Gasteiger partial charge in [0.2, 0.25) is 11.7 Å². The lowest BCUT2D eigenvalue weighted by Gasteiger charge is -2.25. The van der Waals surface area contributed by atoms with Crippen LogP contribution in [0.5, 0.6) is 0 Å². The molecule has 0 radical (unpaired) electrons. The van der Waals surface area contributed by atoms with Crippen LogP contribution in [0.4, 0.5) is 4.79 Å². The van der Waals surface area contributed by atoms with Crippen molar-refractivity contribution in [3.05, 3.63) is 65.2 Å². The largest absolute Gasteiger partial charge is 0.465 e. The highest BCUT2D eigenvalue weighted by Crippen LogP contribution is 2.24. The third kappa shape index (κ3) is 6.89. The number of fused-ring (bicyclic) bond motifs is 1. The third-order valence-electron chi connectivity index (χ3n) is 6.46. The first-order valence-electron chi connectivity index (χ1n) is 12.4.